The third-order valence-corrected chi connectivity index (χ3v) is 5.65. The second-order valence-corrected chi connectivity index (χ2v) is 8.79. The number of ether oxygens (including phenoxy) is 1. The Morgan fingerprint density at radius 3 is 2.61 bits per heavy atom. The highest BCUT2D eigenvalue weighted by Crippen LogP contribution is 2.20. The highest BCUT2D eigenvalue weighted by molar-refractivity contribution is 6.33. The number of halogens is 1. The van der Waals surface area contributed by atoms with Crippen molar-refractivity contribution in [2.24, 2.45) is 5.92 Å². The highest BCUT2D eigenvalue weighted by Gasteiger charge is 2.21. The van der Waals surface area contributed by atoms with Crippen LogP contribution in [0.25, 0.3) is 0 Å². The Labute approximate surface area is 199 Å². The van der Waals surface area contributed by atoms with Crippen molar-refractivity contribution in [3.05, 3.63) is 92.1 Å². The quantitative estimate of drug-likeness (QED) is 0.486. The van der Waals surface area contributed by atoms with Gasteiger partial charge in [0, 0.05) is 18.5 Å². The van der Waals surface area contributed by atoms with Crippen molar-refractivity contribution in [1.29, 1.82) is 0 Å². The lowest BCUT2D eigenvalue weighted by Crippen LogP contribution is -2.35. The lowest BCUT2D eigenvalue weighted by atomic mass is 10.0. The first-order valence-electron chi connectivity index (χ1n) is 11.1. The lowest BCUT2D eigenvalue weighted by molar-refractivity contribution is 0.0718. The number of methoxy groups -OCH3 is 1. The van der Waals surface area contributed by atoms with E-state index >= 15 is 0 Å². The molecule has 1 N–H and O–H groups in total. The van der Waals surface area contributed by atoms with Crippen LogP contribution in [0.1, 0.15) is 53.8 Å². The monoisotopic (exact) mass is 467 g/mol. The van der Waals surface area contributed by atoms with Crippen LogP contribution in [0.4, 0.5) is 0 Å². The van der Waals surface area contributed by atoms with Crippen LogP contribution in [0.5, 0.6) is 5.75 Å². The molecular weight excluding hydrogens is 438 g/mol. The Hall–Kier alpha value is -3.12. The summed E-state index contributed by atoms with van der Waals surface area (Å²) in [5.41, 5.74) is 2.58. The second-order valence-electron chi connectivity index (χ2n) is 8.38. The molecule has 0 bridgehead atoms. The first kappa shape index (κ1) is 24.5. The van der Waals surface area contributed by atoms with Crippen molar-refractivity contribution in [3.63, 3.8) is 0 Å². The fourth-order valence-corrected chi connectivity index (χ4v) is 3.99. The molecule has 0 saturated heterocycles. The summed E-state index contributed by atoms with van der Waals surface area (Å²) < 4.78 is 5.29. The van der Waals surface area contributed by atoms with Gasteiger partial charge in [-0.1, -0.05) is 56.6 Å². The van der Waals surface area contributed by atoms with Crippen LogP contribution in [0, 0.1) is 5.92 Å². The minimum Gasteiger partial charge on any atom is -0.497 e. The zero-order valence-electron chi connectivity index (χ0n) is 19.5. The molecule has 1 heterocycles. The molecule has 1 amide bonds. The minimum absolute atomic E-state index is 0.185. The molecule has 3 aromatic rings. The summed E-state index contributed by atoms with van der Waals surface area (Å²) in [4.78, 5) is 35.6. The molecule has 0 spiro atoms. The summed E-state index contributed by atoms with van der Waals surface area (Å²) in [5, 5.41) is 0.403. The lowest BCUT2D eigenvalue weighted by Gasteiger charge is -2.25. The van der Waals surface area contributed by atoms with E-state index in [1.165, 1.54) is 0 Å². The van der Waals surface area contributed by atoms with Gasteiger partial charge in [-0.25, -0.2) is 4.98 Å². The van der Waals surface area contributed by atoms with E-state index in [1.54, 1.807) is 36.3 Å². The van der Waals surface area contributed by atoms with Gasteiger partial charge in [-0.15, -0.1) is 0 Å². The van der Waals surface area contributed by atoms with E-state index < -0.39 is 0 Å². The zero-order chi connectivity index (χ0) is 24.0. The van der Waals surface area contributed by atoms with E-state index in [0.717, 1.165) is 17.0 Å². The van der Waals surface area contributed by atoms with Crippen LogP contribution in [0.15, 0.2) is 53.3 Å². The van der Waals surface area contributed by atoms with Crippen LogP contribution in [0.2, 0.25) is 5.02 Å². The van der Waals surface area contributed by atoms with Crippen molar-refractivity contribution in [2.75, 3.05) is 13.7 Å². The van der Waals surface area contributed by atoms with Gasteiger partial charge >= 0.3 is 0 Å². The molecule has 0 unspecified atom stereocenters. The average Bonchev–Trinajstić information content (AvgIpc) is 2.80. The van der Waals surface area contributed by atoms with Gasteiger partial charge in [0.15, 0.2) is 0 Å². The van der Waals surface area contributed by atoms with E-state index in [2.05, 4.69) is 4.98 Å². The number of nitrogens with one attached hydrogen (secondary N) is 1. The number of aromatic amines is 1. The number of aromatic nitrogens is 2. The van der Waals surface area contributed by atoms with Crippen LogP contribution in [-0.2, 0) is 19.4 Å². The molecule has 3 rings (SSSR count). The Morgan fingerprint density at radius 1 is 1.18 bits per heavy atom. The van der Waals surface area contributed by atoms with Crippen LogP contribution in [-0.4, -0.2) is 34.4 Å². The van der Waals surface area contributed by atoms with Crippen LogP contribution < -0.4 is 10.3 Å². The number of amides is 1. The van der Waals surface area contributed by atoms with Crippen molar-refractivity contribution in [1.82, 2.24) is 14.9 Å². The minimum atomic E-state index is -0.186. The molecule has 1 aromatic heterocycles. The Bertz CT molecular complexity index is 1170. The van der Waals surface area contributed by atoms with Crippen molar-refractivity contribution in [3.8, 4) is 5.75 Å². The Balaban J connectivity index is 1.91. The third-order valence-electron chi connectivity index (χ3n) is 5.32. The van der Waals surface area contributed by atoms with Gasteiger partial charge in [0.05, 0.1) is 29.9 Å². The first-order chi connectivity index (χ1) is 15.8. The molecule has 2 aromatic carbocycles. The van der Waals surface area contributed by atoms with Gasteiger partial charge < -0.3 is 14.6 Å². The third kappa shape index (κ3) is 6.23. The largest absolute Gasteiger partial charge is 0.497 e. The smallest absolute Gasteiger partial charge is 0.255 e. The summed E-state index contributed by atoms with van der Waals surface area (Å²) in [5.74, 6) is 1.26. The van der Waals surface area contributed by atoms with Crippen LogP contribution in [0.3, 0.4) is 0 Å². The van der Waals surface area contributed by atoms with Gasteiger partial charge in [0.25, 0.3) is 11.5 Å². The molecule has 0 aliphatic rings. The Kier molecular flexibility index (Phi) is 8.28. The number of rotatable bonds is 9. The van der Waals surface area contributed by atoms with Gasteiger partial charge in [0.2, 0.25) is 0 Å². The maximum Gasteiger partial charge on any atom is 0.255 e. The summed E-state index contributed by atoms with van der Waals surface area (Å²) in [7, 11) is 1.62. The maximum absolute atomic E-state index is 13.2. The number of carbonyl (C=O) groups excluding carboxylic acids is 1. The molecule has 7 heteroatoms. The number of benzene rings is 2. The van der Waals surface area contributed by atoms with Gasteiger partial charge in [-0.2, -0.15) is 0 Å². The number of aryl methyl sites for hydroxylation is 1. The predicted octanol–water partition coefficient (Wildman–Crippen LogP) is 4.88. The molecule has 174 valence electrons. The number of nitrogens with zero attached hydrogens (tertiary/aromatic N) is 2. The summed E-state index contributed by atoms with van der Waals surface area (Å²) in [6.45, 7) is 6.77. The Morgan fingerprint density at radius 2 is 1.94 bits per heavy atom. The van der Waals surface area contributed by atoms with E-state index in [-0.39, 0.29) is 23.9 Å². The molecule has 6 nitrogen and oxygen atoms in total. The molecular formula is C26H30ClN3O3. The highest BCUT2D eigenvalue weighted by atomic mass is 35.5. The molecule has 0 saturated carbocycles. The molecule has 0 aliphatic carbocycles. The first-order valence-corrected chi connectivity index (χ1v) is 11.5. The number of hydrogen-bond acceptors (Lipinski definition) is 4. The van der Waals surface area contributed by atoms with E-state index in [1.807, 2.05) is 45.0 Å². The summed E-state index contributed by atoms with van der Waals surface area (Å²) in [6, 6.07) is 14.6. The number of H-pyrrole nitrogens is 1. The molecule has 33 heavy (non-hydrogen) atoms. The average molecular weight is 468 g/mol. The van der Waals surface area contributed by atoms with Crippen molar-refractivity contribution in [2.45, 2.75) is 40.2 Å². The molecule has 0 atom stereocenters. The SMILES string of the molecule is CCc1nc(CN(CC(C)C)C(=O)c2ccccc2Cl)[nH]c(=O)c1Cc1cccc(OC)c1. The van der Waals surface area contributed by atoms with Gasteiger partial charge in [0.1, 0.15) is 11.6 Å². The summed E-state index contributed by atoms with van der Waals surface area (Å²) >= 11 is 6.27. The van der Waals surface area contributed by atoms with E-state index in [9.17, 15) is 9.59 Å². The fourth-order valence-electron chi connectivity index (χ4n) is 3.78. The van der Waals surface area contributed by atoms with Crippen LogP contribution >= 0.6 is 11.6 Å². The van der Waals surface area contributed by atoms with Gasteiger partial charge in [-0.05, 0) is 42.2 Å². The van der Waals surface area contributed by atoms with Crippen molar-refractivity contribution >= 4 is 17.5 Å². The summed E-state index contributed by atoms with van der Waals surface area (Å²) in [6.07, 6.45) is 1.07. The molecule has 0 fully saturated rings. The second kappa shape index (κ2) is 11.1. The van der Waals surface area contributed by atoms with E-state index in [4.69, 9.17) is 21.3 Å². The standard InChI is InChI=1S/C26H30ClN3O3/c1-5-23-21(14-18-9-8-10-19(13-18)33-4)25(31)29-24(28-23)16-30(15-17(2)3)26(32)20-11-6-7-12-22(20)27/h6-13,17H,5,14-16H2,1-4H3,(H,28,29,31). The maximum atomic E-state index is 13.2. The van der Waals surface area contributed by atoms with E-state index in [0.29, 0.717) is 41.4 Å². The predicted molar refractivity (Wildman–Crippen MR) is 131 cm³/mol. The fraction of sp³-hybridized carbons (Fsp3) is 0.346. The molecule has 0 radical (unpaired) electrons. The number of hydrogen-bond donors (Lipinski definition) is 1. The van der Waals surface area contributed by atoms with Gasteiger partial charge in [-0.3, -0.25) is 9.59 Å². The molecule has 0 aliphatic heterocycles. The zero-order valence-corrected chi connectivity index (χ0v) is 20.3. The van der Waals surface area contributed by atoms with Crippen molar-refractivity contribution < 1.29 is 9.53 Å². The number of carbonyl (C=O) groups is 1. The topological polar surface area (TPSA) is 75.3 Å². The normalized spacial score (nSPS) is 11.0.